The predicted molar refractivity (Wildman–Crippen MR) is 107 cm³/mol. The third-order valence-electron chi connectivity index (χ3n) is 4.72. The van der Waals surface area contributed by atoms with Crippen LogP contribution in [0.1, 0.15) is 30.5 Å². The molecule has 1 aliphatic carbocycles. The maximum absolute atomic E-state index is 9.49. The SMILES string of the molecule is CC1=C(C(C)C#N)c2cc(N(C)C)ccc2C1=Cc1ccc(Cl)cc1. The molecule has 0 saturated heterocycles. The van der Waals surface area contributed by atoms with E-state index in [1.165, 1.54) is 16.7 Å². The van der Waals surface area contributed by atoms with E-state index in [1.807, 2.05) is 45.3 Å². The summed E-state index contributed by atoms with van der Waals surface area (Å²) in [6.07, 6.45) is 2.18. The molecule has 1 aliphatic rings. The van der Waals surface area contributed by atoms with Crippen LogP contribution in [0.25, 0.3) is 17.2 Å². The largest absolute Gasteiger partial charge is 0.378 e. The highest BCUT2D eigenvalue weighted by Gasteiger charge is 2.27. The average Bonchev–Trinajstić information content (AvgIpc) is 2.87. The van der Waals surface area contributed by atoms with Crippen molar-refractivity contribution >= 4 is 34.5 Å². The van der Waals surface area contributed by atoms with Crippen LogP contribution in [0.4, 0.5) is 5.69 Å². The molecule has 0 radical (unpaired) electrons. The molecule has 2 aromatic carbocycles. The van der Waals surface area contributed by atoms with E-state index in [4.69, 9.17) is 11.6 Å². The second-order valence-electron chi connectivity index (χ2n) is 6.62. The van der Waals surface area contributed by atoms with Gasteiger partial charge in [0, 0.05) is 24.8 Å². The average molecular weight is 349 g/mol. The van der Waals surface area contributed by atoms with Gasteiger partial charge in [-0.25, -0.2) is 0 Å². The van der Waals surface area contributed by atoms with Gasteiger partial charge in [-0.15, -0.1) is 0 Å². The van der Waals surface area contributed by atoms with Gasteiger partial charge in [0.25, 0.3) is 0 Å². The molecule has 0 saturated carbocycles. The van der Waals surface area contributed by atoms with Crippen LogP contribution in [0.3, 0.4) is 0 Å². The molecule has 1 atom stereocenters. The van der Waals surface area contributed by atoms with Gasteiger partial charge < -0.3 is 4.90 Å². The Hall–Kier alpha value is -2.50. The molecule has 0 amide bonds. The Bertz CT molecular complexity index is 912. The number of rotatable bonds is 3. The van der Waals surface area contributed by atoms with Crippen LogP contribution in [-0.4, -0.2) is 14.1 Å². The maximum Gasteiger partial charge on any atom is 0.0701 e. The summed E-state index contributed by atoms with van der Waals surface area (Å²) >= 11 is 6.00. The summed E-state index contributed by atoms with van der Waals surface area (Å²) in [7, 11) is 4.07. The van der Waals surface area contributed by atoms with Crippen molar-refractivity contribution in [3.05, 3.63) is 69.8 Å². The van der Waals surface area contributed by atoms with Crippen molar-refractivity contribution in [3.63, 3.8) is 0 Å². The zero-order chi connectivity index (χ0) is 18.1. The van der Waals surface area contributed by atoms with Crippen molar-refractivity contribution in [1.29, 1.82) is 5.26 Å². The summed E-state index contributed by atoms with van der Waals surface area (Å²) in [5, 5.41) is 10.2. The Kier molecular flexibility index (Phi) is 4.70. The highest BCUT2D eigenvalue weighted by atomic mass is 35.5. The molecular weight excluding hydrogens is 328 g/mol. The molecule has 3 rings (SSSR count). The predicted octanol–water partition coefficient (Wildman–Crippen LogP) is 5.89. The number of halogens is 1. The van der Waals surface area contributed by atoms with E-state index < -0.39 is 0 Å². The van der Waals surface area contributed by atoms with Crippen LogP contribution in [-0.2, 0) is 0 Å². The number of hydrogen-bond acceptors (Lipinski definition) is 2. The summed E-state index contributed by atoms with van der Waals surface area (Å²) in [6.45, 7) is 4.08. The van der Waals surface area contributed by atoms with Gasteiger partial charge in [-0.05, 0) is 77.6 Å². The van der Waals surface area contributed by atoms with E-state index in [0.717, 1.165) is 27.4 Å². The number of nitrogens with zero attached hydrogens (tertiary/aromatic N) is 2. The second-order valence-corrected chi connectivity index (χ2v) is 7.06. The first-order valence-electron chi connectivity index (χ1n) is 8.32. The van der Waals surface area contributed by atoms with Crippen LogP contribution in [0.15, 0.2) is 48.0 Å². The molecule has 126 valence electrons. The maximum atomic E-state index is 9.49. The van der Waals surface area contributed by atoms with Gasteiger partial charge in [-0.2, -0.15) is 5.26 Å². The van der Waals surface area contributed by atoms with E-state index >= 15 is 0 Å². The summed E-state index contributed by atoms with van der Waals surface area (Å²) < 4.78 is 0. The van der Waals surface area contributed by atoms with E-state index in [9.17, 15) is 5.26 Å². The first-order chi connectivity index (χ1) is 11.9. The van der Waals surface area contributed by atoms with Crippen molar-refractivity contribution in [2.24, 2.45) is 5.92 Å². The van der Waals surface area contributed by atoms with Crippen molar-refractivity contribution in [2.45, 2.75) is 13.8 Å². The Morgan fingerprint density at radius 3 is 2.36 bits per heavy atom. The first kappa shape index (κ1) is 17.3. The minimum Gasteiger partial charge on any atom is -0.378 e. The first-order valence-corrected chi connectivity index (χ1v) is 8.70. The molecule has 25 heavy (non-hydrogen) atoms. The Morgan fingerprint density at radius 1 is 1.08 bits per heavy atom. The highest BCUT2D eigenvalue weighted by molar-refractivity contribution is 6.30. The molecule has 2 nitrogen and oxygen atoms in total. The van der Waals surface area contributed by atoms with Gasteiger partial charge in [0.15, 0.2) is 0 Å². The number of hydrogen-bond donors (Lipinski definition) is 0. The lowest BCUT2D eigenvalue weighted by Gasteiger charge is -2.15. The van der Waals surface area contributed by atoms with Crippen LogP contribution >= 0.6 is 11.6 Å². The molecule has 2 aromatic rings. The Labute approximate surface area is 154 Å². The Morgan fingerprint density at radius 2 is 1.76 bits per heavy atom. The minimum absolute atomic E-state index is 0.146. The molecular formula is C22H21ClN2. The molecule has 0 fully saturated rings. The molecule has 0 heterocycles. The molecule has 0 aromatic heterocycles. The number of allylic oxidation sites excluding steroid dienone is 3. The molecule has 3 heteroatoms. The summed E-state index contributed by atoms with van der Waals surface area (Å²) in [6, 6.07) is 16.7. The fourth-order valence-electron chi connectivity index (χ4n) is 3.35. The lowest BCUT2D eigenvalue weighted by atomic mass is 9.94. The quantitative estimate of drug-likeness (QED) is 0.691. The number of nitriles is 1. The van der Waals surface area contributed by atoms with Gasteiger partial charge >= 0.3 is 0 Å². The van der Waals surface area contributed by atoms with E-state index in [2.05, 4.69) is 42.2 Å². The fourth-order valence-corrected chi connectivity index (χ4v) is 3.48. The summed E-state index contributed by atoms with van der Waals surface area (Å²) in [4.78, 5) is 2.09. The summed E-state index contributed by atoms with van der Waals surface area (Å²) in [5.41, 5.74) is 8.08. The van der Waals surface area contributed by atoms with Crippen LogP contribution in [0, 0.1) is 17.2 Å². The summed E-state index contributed by atoms with van der Waals surface area (Å²) in [5.74, 6) is -0.146. The fraction of sp³-hybridized carbons (Fsp3) is 0.227. The number of benzene rings is 2. The minimum atomic E-state index is -0.146. The van der Waals surface area contributed by atoms with E-state index in [-0.39, 0.29) is 5.92 Å². The van der Waals surface area contributed by atoms with Gasteiger partial charge in [-0.3, -0.25) is 0 Å². The number of anilines is 1. The van der Waals surface area contributed by atoms with Crippen molar-refractivity contribution in [2.75, 3.05) is 19.0 Å². The van der Waals surface area contributed by atoms with Crippen LogP contribution in [0.2, 0.25) is 5.02 Å². The third kappa shape index (κ3) is 3.21. The van der Waals surface area contributed by atoms with Crippen molar-refractivity contribution in [3.8, 4) is 6.07 Å². The molecule has 1 unspecified atom stereocenters. The number of fused-ring (bicyclic) bond motifs is 1. The molecule has 0 aliphatic heterocycles. The van der Waals surface area contributed by atoms with Gasteiger partial charge in [-0.1, -0.05) is 29.8 Å². The second kappa shape index (κ2) is 6.78. The highest BCUT2D eigenvalue weighted by Crippen LogP contribution is 2.46. The van der Waals surface area contributed by atoms with Gasteiger partial charge in [0.1, 0.15) is 0 Å². The monoisotopic (exact) mass is 348 g/mol. The lowest BCUT2D eigenvalue weighted by Crippen LogP contribution is -2.09. The lowest BCUT2D eigenvalue weighted by molar-refractivity contribution is 0.976. The van der Waals surface area contributed by atoms with Crippen LogP contribution < -0.4 is 4.90 Å². The Balaban J connectivity index is 2.20. The smallest absolute Gasteiger partial charge is 0.0701 e. The topological polar surface area (TPSA) is 27.0 Å². The van der Waals surface area contributed by atoms with Crippen molar-refractivity contribution < 1.29 is 0 Å². The van der Waals surface area contributed by atoms with E-state index in [0.29, 0.717) is 0 Å². The molecule has 0 N–H and O–H groups in total. The molecule has 0 bridgehead atoms. The van der Waals surface area contributed by atoms with Crippen molar-refractivity contribution in [1.82, 2.24) is 0 Å². The van der Waals surface area contributed by atoms with E-state index in [1.54, 1.807) is 0 Å². The van der Waals surface area contributed by atoms with Gasteiger partial charge in [0.2, 0.25) is 0 Å². The third-order valence-corrected chi connectivity index (χ3v) is 4.97. The zero-order valence-electron chi connectivity index (χ0n) is 15.0. The van der Waals surface area contributed by atoms with Crippen LogP contribution in [0.5, 0.6) is 0 Å². The standard InChI is InChI=1S/C22H21ClN2/c1-14(13-24)22-15(2)20(11-16-5-7-17(23)8-6-16)19-10-9-18(25(3)4)12-21(19)22/h5-12,14H,1-4H3. The van der Waals surface area contributed by atoms with Gasteiger partial charge in [0.05, 0.1) is 12.0 Å². The normalized spacial score (nSPS) is 15.9. The molecule has 0 spiro atoms. The zero-order valence-corrected chi connectivity index (χ0v) is 15.7.